The Bertz CT molecular complexity index is 987. The number of rotatable bonds is 9. The van der Waals surface area contributed by atoms with Crippen LogP contribution in [0.2, 0.25) is 0 Å². The van der Waals surface area contributed by atoms with Crippen molar-refractivity contribution in [1.29, 1.82) is 0 Å². The van der Waals surface area contributed by atoms with Gasteiger partial charge < -0.3 is 10.6 Å². The molecule has 160 valence electrons. The molecule has 31 heavy (non-hydrogen) atoms. The van der Waals surface area contributed by atoms with E-state index in [1.165, 1.54) is 12.1 Å². The van der Waals surface area contributed by atoms with Crippen molar-refractivity contribution in [3.63, 3.8) is 0 Å². The van der Waals surface area contributed by atoms with Crippen molar-refractivity contribution >= 4 is 35.0 Å². The third kappa shape index (κ3) is 7.20. The Morgan fingerprint density at radius 1 is 0.774 bits per heavy atom. The van der Waals surface area contributed by atoms with Crippen LogP contribution >= 0.6 is 11.8 Å². The van der Waals surface area contributed by atoms with Gasteiger partial charge in [0.1, 0.15) is 6.04 Å². The fourth-order valence-corrected chi connectivity index (χ4v) is 3.36. The van der Waals surface area contributed by atoms with Crippen molar-refractivity contribution in [3.05, 3.63) is 90.5 Å². The highest BCUT2D eigenvalue weighted by Gasteiger charge is 2.21. The normalized spacial score (nSPS) is 11.7. The van der Waals surface area contributed by atoms with Crippen molar-refractivity contribution < 1.29 is 18.4 Å². The average Bonchev–Trinajstić information content (AvgIpc) is 2.76. The first-order chi connectivity index (χ1) is 15.0. The summed E-state index contributed by atoms with van der Waals surface area (Å²) in [7, 11) is 0. The number of hydrogen-bond donors (Lipinski definition) is 3. The van der Waals surface area contributed by atoms with Gasteiger partial charge in [-0.1, -0.05) is 60.3 Å². The lowest BCUT2D eigenvalue weighted by Gasteiger charge is -2.19. The maximum atomic E-state index is 12.8. The van der Waals surface area contributed by atoms with E-state index in [1.54, 1.807) is 36.4 Å². The Hall–Kier alpha value is -3.23. The second kappa shape index (κ2) is 11.2. The number of para-hydroxylation sites is 1. The molecule has 3 rings (SSSR count). The van der Waals surface area contributed by atoms with Crippen LogP contribution in [0.15, 0.2) is 89.8 Å². The molecule has 8 heteroatoms. The fraction of sp³-hybridized carbons (Fsp3) is 0.130. The van der Waals surface area contributed by atoms with Crippen LogP contribution in [-0.4, -0.2) is 24.1 Å². The molecular formula is C23H21F2N3O2S. The third-order valence-corrected chi connectivity index (χ3v) is 4.99. The molecule has 0 saturated heterocycles. The highest BCUT2D eigenvalue weighted by Crippen LogP contribution is 2.26. The van der Waals surface area contributed by atoms with Gasteiger partial charge in [-0.15, -0.1) is 0 Å². The van der Waals surface area contributed by atoms with Crippen molar-refractivity contribution in [3.8, 4) is 0 Å². The monoisotopic (exact) mass is 441 g/mol. The van der Waals surface area contributed by atoms with Gasteiger partial charge in [0.25, 0.3) is 5.76 Å². The molecule has 1 atom stereocenters. The van der Waals surface area contributed by atoms with Crippen LogP contribution in [-0.2, 0) is 9.59 Å². The number of anilines is 2. The maximum absolute atomic E-state index is 12.8. The first-order valence-corrected chi connectivity index (χ1v) is 10.4. The number of carbonyl (C=O) groups is 2. The van der Waals surface area contributed by atoms with Gasteiger partial charge in [-0.25, -0.2) is 0 Å². The molecule has 3 aromatic carbocycles. The summed E-state index contributed by atoms with van der Waals surface area (Å²) in [5.74, 6) is -3.15. The number of benzene rings is 3. The summed E-state index contributed by atoms with van der Waals surface area (Å²) in [5.41, 5.74) is 1.86. The molecule has 0 aliphatic rings. The van der Waals surface area contributed by atoms with E-state index in [1.807, 2.05) is 36.4 Å². The molecule has 0 aromatic heterocycles. The molecular weight excluding hydrogens is 420 g/mol. The Morgan fingerprint density at radius 3 is 1.97 bits per heavy atom. The fourth-order valence-electron chi connectivity index (χ4n) is 2.86. The van der Waals surface area contributed by atoms with E-state index in [9.17, 15) is 18.4 Å². The topological polar surface area (TPSA) is 70.2 Å². The summed E-state index contributed by atoms with van der Waals surface area (Å²) in [5, 5.41) is 8.51. The Labute approximate surface area is 183 Å². The Morgan fingerprint density at radius 2 is 1.35 bits per heavy atom. The summed E-state index contributed by atoms with van der Waals surface area (Å²) in [4.78, 5) is 25.6. The maximum Gasteiger partial charge on any atom is 0.288 e. The van der Waals surface area contributed by atoms with Crippen LogP contribution < -0.4 is 16.0 Å². The minimum atomic E-state index is -2.50. The van der Waals surface area contributed by atoms with Crippen LogP contribution in [0.4, 0.5) is 20.2 Å². The molecule has 0 bridgehead atoms. The van der Waals surface area contributed by atoms with Crippen LogP contribution in [0.1, 0.15) is 11.6 Å². The summed E-state index contributed by atoms with van der Waals surface area (Å²) < 4.78 is 24.8. The van der Waals surface area contributed by atoms with Crippen LogP contribution in [0.3, 0.4) is 0 Å². The molecule has 2 amide bonds. The van der Waals surface area contributed by atoms with E-state index in [2.05, 4.69) is 16.0 Å². The second-order valence-corrected chi connectivity index (χ2v) is 7.59. The van der Waals surface area contributed by atoms with Gasteiger partial charge in [0, 0.05) is 16.3 Å². The van der Waals surface area contributed by atoms with E-state index in [-0.39, 0.29) is 18.4 Å². The van der Waals surface area contributed by atoms with E-state index in [0.717, 1.165) is 5.56 Å². The molecule has 0 aliphatic heterocycles. The number of carbonyl (C=O) groups excluding carboxylic acids is 2. The SMILES string of the molecule is O=C(CNC(C(=O)Nc1ccccc1)c1ccccc1)Nc1ccc(SC(F)F)cc1. The lowest BCUT2D eigenvalue weighted by molar-refractivity contribution is -0.119. The zero-order valence-electron chi connectivity index (χ0n) is 16.4. The molecule has 0 fully saturated rings. The standard InChI is InChI=1S/C23H21F2N3O2S/c24-23(25)31-19-13-11-18(12-14-19)27-20(29)15-26-21(16-7-3-1-4-8-16)22(30)28-17-9-5-2-6-10-17/h1-14,21,23,26H,15H2,(H,27,29)(H,28,30). The number of nitrogens with one attached hydrogen (secondary N) is 3. The average molecular weight is 442 g/mol. The number of thioether (sulfide) groups is 1. The predicted molar refractivity (Wildman–Crippen MR) is 119 cm³/mol. The van der Waals surface area contributed by atoms with Crippen molar-refractivity contribution in [1.82, 2.24) is 5.32 Å². The quantitative estimate of drug-likeness (QED) is 0.413. The molecule has 0 aliphatic carbocycles. The minimum Gasteiger partial charge on any atom is -0.325 e. The first kappa shape index (κ1) is 22.5. The predicted octanol–water partition coefficient (Wildman–Crippen LogP) is 4.91. The summed E-state index contributed by atoms with van der Waals surface area (Å²) in [6, 6.07) is 23.5. The van der Waals surface area contributed by atoms with Gasteiger partial charge in [-0.2, -0.15) is 8.78 Å². The zero-order valence-corrected chi connectivity index (χ0v) is 17.2. The largest absolute Gasteiger partial charge is 0.325 e. The molecule has 5 nitrogen and oxygen atoms in total. The Balaban J connectivity index is 1.61. The van der Waals surface area contributed by atoms with Gasteiger partial charge in [-0.05, 0) is 42.0 Å². The van der Waals surface area contributed by atoms with Crippen LogP contribution in [0.25, 0.3) is 0 Å². The zero-order chi connectivity index (χ0) is 22.1. The Kier molecular flexibility index (Phi) is 8.14. The van der Waals surface area contributed by atoms with Crippen molar-refractivity contribution in [2.75, 3.05) is 17.2 Å². The molecule has 0 radical (unpaired) electrons. The summed E-state index contributed by atoms with van der Waals surface area (Å²) in [6.45, 7) is -0.116. The first-order valence-electron chi connectivity index (χ1n) is 9.50. The van der Waals surface area contributed by atoms with E-state index in [0.29, 0.717) is 28.0 Å². The third-order valence-electron chi connectivity index (χ3n) is 4.27. The molecule has 1 unspecified atom stereocenters. The lowest BCUT2D eigenvalue weighted by atomic mass is 10.1. The molecule has 0 spiro atoms. The molecule has 3 N–H and O–H groups in total. The van der Waals surface area contributed by atoms with Gasteiger partial charge in [0.2, 0.25) is 11.8 Å². The second-order valence-electron chi connectivity index (χ2n) is 6.53. The van der Waals surface area contributed by atoms with Crippen molar-refractivity contribution in [2.45, 2.75) is 16.7 Å². The van der Waals surface area contributed by atoms with Gasteiger partial charge >= 0.3 is 0 Å². The van der Waals surface area contributed by atoms with E-state index >= 15 is 0 Å². The van der Waals surface area contributed by atoms with Crippen molar-refractivity contribution in [2.24, 2.45) is 0 Å². The number of hydrogen-bond acceptors (Lipinski definition) is 4. The lowest BCUT2D eigenvalue weighted by Crippen LogP contribution is -2.37. The van der Waals surface area contributed by atoms with Gasteiger partial charge in [-0.3, -0.25) is 14.9 Å². The van der Waals surface area contributed by atoms with Gasteiger partial charge in [0.15, 0.2) is 0 Å². The minimum absolute atomic E-state index is 0.116. The number of alkyl halides is 2. The van der Waals surface area contributed by atoms with Gasteiger partial charge in [0.05, 0.1) is 6.54 Å². The summed E-state index contributed by atoms with van der Waals surface area (Å²) in [6.07, 6.45) is 0. The smallest absolute Gasteiger partial charge is 0.288 e. The van der Waals surface area contributed by atoms with E-state index < -0.39 is 11.8 Å². The molecule has 3 aromatic rings. The molecule has 0 saturated carbocycles. The number of halogens is 2. The molecule has 0 heterocycles. The van der Waals surface area contributed by atoms with E-state index in [4.69, 9.17) is 0 Å². The van der Waals surface area contributed by atoms with Crippen LogP contribution in [0, 0.1) is 0 Å². The highest BCUT2D eigenvalue weighted by atomic mass is 32.2. The highest BCUT2D eigenvalue weighted by molar-refractivity contribution is 7.99. The summed E-state index contributed by atoms with van der Waals surface area (Å²) >= 11 is 0.439. The van der Waals surface area contributed by atoms with Crippen LogP contribution in [0.5, 0.6) is 0 Å². The number of amides is 2.